The number of hydrogen-bond acceptors (Lipinski definition) is 10. The lowest BCUT2D eigenvalue weighted by Crippen LogP contribution is -2.58. The van der Waals surface area contributed by atoms with Gasteiger partial charge in [-0.25, -0.2) is 18.0 Å². The first-order valence-electron chi connectivity index (χ1n) is 17.8. The highest BCUT2D eigenvalue weighted by atomic mass is 32.2. The molecule has 4 fully saturated rings. The number of benzene rings is 1. The fourth-order valence-corrected chi connectivity index (χ4v) is 8.49. The molecule has 6 rings (SSSR count). The number of nitrogens with one attached hydrogen (secondary N) is 3. The lowest BCUT2D eigenvalue weighted by atomic mass is 10.1. The van der Waals surface area contributed by atoms with E-state index in [0.717, 1.165) is 11.1 Å². The van der Waals surface area contributed by atoms with Crippen LogP contribution in [-0.2, 0) is 51.7 Å². The average Bonchev–Trinajstić information content (AvgIpc) is 3.99. The fraction of sp³-hybridized carbons (Fsp3) is 0.629. The zero-order valence-corrected chi connectivity index (χ0v) is 29.8. The number of ether oxygens (including phenoxy) is 3. The molecule has 278 valence electrons. The van der Waals surface area contributed by atoms with Gasteiger partial charge in [0.25, 0.3) is 5.91 Å². The molecule has 51 heavy (non-hydrogen) atoms. The normalized spacial score (nSPS) is 26.7. The summed E-state index contributed by atoms with van der Waals surface area (Å²) in [4.78, 5) is 70.9. The van der Waals surface area contributed by atoms with Crippen LogP contribution in [0.4, 0.5) is 9.59 Å². The Kier molecular flexibility index (Phi) is 10.9. The number of fused-ring (bicyclic) bond motifs is 1. The van der Waals surface area contributed by atoms with E-state index in [1.54, 1.807) is 24.0 Å². The molecule has 3 aliphatic heterocycles. The number of amides is 5. The Morgan fingerprint density at radius 1 is 1.02 bits per heavy atom. The van der Waals surface area contributed by atoms with E-state index in [9.17, 15) is 32.4 Å². The molecular formula is C35H47N5O10S. The first-order chi connectivity index (χ1) is 24.4. The molecular weight excluding hydrogens is 682 g/mol. The zero-order valence-electron chi connectivity index (χ0n) is 29.0. The molecule has 0 radical (unpaired) electrons. The van der Waals surface area contributed by atoms with E-state index in [2.05, 4.69) is 15.4 Å². The molecule has 0 spiro atoms. The molecule has 1 aromatic carbocycles. The van der Waals surface area contributed by atoms with Crippen LogP contribution in [0.25, 0.3) is 0 Å². The van der Waals surface area contributed by atoms with Gasteiger partial charge >= 0.3 is 12.2 Å². The molecule has 16 heteroatoms. The number of alkyl carbamates (subject to hydrolysis) is 1. The number of nitrogens with zero attached hydrogens (tertiary/aromatic N) is 2. The van der Waals surface area contributed by atoms with E-state index >= 15 is 0 Å². The molecule has 2 saturated carbocycles. The third kappa shape index (κ3) is 8.32. The number of sulfonamides is 1. The summed E-state index contributed by atoms with van der Waals surface area (Å²) in [5.41, 5.74) is 0.470. The highest BCUT2D eigenvalue weighted by molar-refractivity contribution is 7.91. The molecule has 15 nitrogen and oxygen atoms in total. The minimum atomic E-state index is -3.90. The summed E-state index contributed by atoms with van der Waals surface area (Å²) < 4.78 is 44.3. The van der Waals surface area contributed by atoms with Crippen LogP contribution in [0.5, 0.6) is 0 Å². The van der Waals surface area contributed by atoms with Gasteiger partial charge in [-0.05, 0) is 43.7 Å². The predicted molar refractivity (Wildman–Crippen MR) is 182 cm³/mol. The molecule has 5 aliphatic rings. The maximum atomic E-state index is 14.2. The monoisotopic (exact) mass is 729 g/mol. The number of allylic oxidation sites excluding steroid dienone is 1. The number of hydrogen-bond donors (Lipinski definition) is 3. The Hall–Kier alpha value is -4.18. The van der Waals surface area contributed by atoms with Crippen LogP contribution in [-0.4, -0.2) is 103 Å². The summed E-state index contributed by atoms with van der Waals surface area (Å²) in [6, 6.07) is 5.44. The molecule has 3 heterocycles. The van der Waals surface area contributed by atoms with Gasteiger partial charge in [0.15, 0.2) is 0 Å². The Labute approximate surface area is 297 Å². The summed E-state index contributed by atoms with van der Waals surface area (Å²) >= 11 is 0. The Morgan fingerprint density at radius 2 is 1.71 bits per heavy atom. The molecule has 0 bridgehead atoms. The van der Waals surface area contributed by atoms with Crippen LogP contribution in [0.2, 0.25) is 0 Å². The van der Waals surface area contributed by atoms with E-state index < -0.39 is 74.8 Å². The standard InChI is InChI=1S/C35H47N5O10S/c1-3-7-24-18-35(24,32(43)38-51(46,47)27-11-12-27)37-30(41)29-17-26(50-34(45)39-19-22-9-5-6-10-23(22)20-39)21-40(29)31(42)28(8-4-2)36-33(44)49-25-13-15-48-16-14-25/h3,5-7,9-10,24-29H,4,8,11-21H2,1-2H3,(H,36,44)(H,37,41)(H,38,43)/b7-3-/t24-,26-,28+,29+,35-/m1/s1. The van der Waals surface area contributed by atoms with Crippen molar-refractivity contribution in [3.05, 3.63) is 47.5 Å². The van der Waals surface area contributed by atoms with Gasteiger partial charge in [-0.1, -0.05) is 49.8 Å². The van der Waals surface area contributed by atoms with Crippen molar-refractivity contribution < 1.29 is 46.6 Å². The second kappa shape index (κ2) is 15.2. The van der Waals surface area contributed by atoms with Crippen LogP contribution >= 0.6 is 0 Å². The second-order valence-corrected chi connectivity index (χ2v) is 16.0. The maximum absolute atomic E-state index is 14.2. The SMILES string of the molecule is C/C=C\[C@@H]1C[C@]1(NC(=O)[C@@H]1C[C@@H](OC(=O)N2Cc3ccccc3C2)CN1C(=O)[C@H](CCC)NC(=O)OC1CCOCC1)C(=O)NS(=O)(=O)C1CC1. The van der Waals surface area contributed by atoms with Gasteiger partial charge in [0.1, 0.15) is 29.8 Å². The summed E-state index contributed by atoms with van der Waals surface area (Å²) in [7, 11) is -3.90. The lowest BCUT2D eigenvalue weighted by Gasteiger charge is -2.30. The van der Waals surface area contributed by atoms with Crippen molar-refractivity contribution in [1.29, 1.82) is 0 Å². The minimum absolute atomic E-state index is 0.0676. The molecule has 5 atom stereocenters. The number of rotatable bonds is 12. The Morgan fingerprint density at radius 3 is 2.33 bits per heavy atom. The van der Waals surface area contributed by atoms with Crippen molar-refractivity contribution in [2.24, 2.45) is 5.92 Å². The summed E-state index contributed by atoms with van der Waals surface area (Å²) in [5.74, 6) is -2.56. The summed E-state index contributed by atoms with van der Waals surface area (Å²) in [5, 5.41) is 4.82. The van der Waals surface area contributed by atoms with Gasteiger partial charge in [-0.15, -0.1) is 0 Å². The first kappa shape index (κ1) is 36.6. The quantitative estimate of drug-likeness (QED) is 0.269. The van der Waals surface area contributed by atoms with Crippen molar-refractivity contribution in [3.63, 3.8) is 0 Å². The van der Waals surface area contributed by atoms with Gasteiger partial charge in [-0.3, -0.25) is 24.0 Å². The van der Waals surface area contributed by atoms with E-state index in [0.29, 0.717) is 58.4 Å². The van der Waals surface area contributed by atoms with E-state index in [4.69, 9.17) is 14.2 Å². The molecule has 2 aliphatic carbocycles. The molecule has 1 aromatic rings. The highest BCUT2D eigenvalue weighted by Crippen LogP contribution is 2.46. The third-order valence-electron chi connectivity index (χ3n) is 10.2. The molecule has 3 N–H and O–H groups in total. The number of likely N-dealkylation sites (tertiary alicyclic amines) is 1. The van der Waals surface area contributed by atoms with Gasteiger partial charge in [0.2, 0.25) is 21.8 Å². The van der Waals surface area contributed by atoms with Crippen LogP contribution in [0, 0.1) is 5.92 Å². The highest BCUT2D eigenvalue weighted by Gasteiger charge is 2.62. The number of carbonyl (C=O) groups is 5. The smallest absolute Gasteiger partial charge is 0.410 e. The lowest BCUT2D eigenvalue weighted by molar-refractivity contribution is -0.141. The Bertz CT molecular complexity index is 1630. The van der Waals surface area contributed by atoms with Crippen molar-refractivity contribution in [1.82, 2.24) is 25.2 Å². The fourth-order valence-electron chi connectivity index (χ4n) is 7.12. The van der Waals surface area contributed by atoms with Gasteiger partial charge in [0, 0.05) is 38.3 Å². The van der Waals surface area contributed by atoms with Crippen LogP contribution in [0.3, 0.4) is 0 Å². The third-order valence-corrected chi connectivity index (χ3v) is 12.0. The van der Waals surface area contributed by atoms with Gasteiger partial charge in [0.05, 0.1) is 25.0 Å². The summed E-state index contributed by atoms with van der Waals surface area (Å²) in [6.07, 6.45) is 3.73. The minimum Gasteiger partial charge on any atom is -0.446 e. The summed E-state index contributed by atoms with van der Waals surface area (Å²) in [6.45, 7) is 5.13. The molecule has 2 saturated heterocycles. The maximum Gasteiger partial charge on any atom is 0.410 e. The molecule has 0 aromatic heterocycles. The van der Waals surface area contributed by atoms with E-state index in [-0.39, 0.29) is 31.9 Å². The number of carbonyl (C=O) groups excluding carboxylic acids is 5. The topological polar surface area (TPSA) is 190 Å². The molecule has 5 amide bonds. The van der Waals surface area contributed by atoms with E-state index in [1.807, 2.05) is 31.2 Å². The van der Waals surface area contributed by atoms with E-state index in [1.165, 1.54) is 4.90 Å². The van der Waals surface area contributed by atoms with Crippen molar-refractivity contribution in [2.75, 3.05) is 19.8 Å². The molecule has 0 unspecified atom stereocenters. The largest absolute Gasteiger partial charge is 0.446 e. The van der Waals surface area contributed by atoms with Crippen molar-refractivity contribution >= 4 is 39.9 Å². The Balaban J connectivity index is 1.19. The van der Waals surface area contributed by atoms with Gasteiger partial charge in [-0.2, -0.15) is 0 Å². The van der Waals surface area contributed by atoms with Crippen LogP contribution < -0.4 is 15.4 Å². The van der Waals surface area contributed by atoms with Gasteiger partial charge < -0.3 is 29.7 Å². The van der Waals surface area contributed by atoms with Crippen LogP contribution in [0.15, 0.2) is 36.4 Å². The zero-order chi connectivity index (χ0) is 36.3. The second-order valence-electron chi connectivity index (χ2n) is 14.0. The predicted octanol–water partition coefficient (Wildman–Crippen LogP) is 2.24. The van der Waals surface area contributed by atoms with Crippen LogP contribution in [0.1, 0.15) is 76.3 Å². The van der Waals surface area contributed by atoms with Crippen molar-refractivity contribution in [3.8, 4) is 0 Å². The van der Waals surface area contributed by atoms with Crippen molar-refractivity contribution in [2.45, 2.75) is 113 Å². The average molecular weight is 730 g/mol. The first-order valence-corrected chi connectivity index (χ1v) is 19.4.